The van der Waals surface area contributed by atoms with Crippen molar-refractivity contribution in [1.29, 1.82) is 0 Å². The lowest BCUT2D eigenvalue weighted by Crippen LogP contribution is -2.34. The van der Waals surface area contributed by atoms with Crippen LogP contribution in [0.3, 0.4) is 0 Å². The normalized spacial score (nSPS) is 11.6. The molecule has 6 nitrogen and oxygen atoms in total. The van der Waals surface area contributed by atoms with Gasteiger partial charge < -0.3 is 31.4 Å². The number of phenolic OH excluding ortho intramolecular Hbond substituents is 2. The van der Waals surface area contributed by atoms with Gasteiger partial charge in [-0.2, -0.15) is 0 Å². The van der Waals surface area contributed by atoms with Crippen molar-refractivity contribution in [3.05, 3.63) is 30.0 Å². The van der Waals surface area contributed by atoms with Crippen LogP contribution in [0.25, 0.3) is 5.70 Å². The minimum absolute atomic E-state index is 0.00519. The topological polar surface area (TPSA) is 108 Å². The van der Waals surface area contributed by atoms with Crippen LogP contribution in [0.5, 0.6) is 11.5 Å². The number of hydrogen-bond acceptors (Lipinski definition) is 6. The zero-order chi connectivity index (χ0) is 17.7. The highest BCUT2D eigenvalue weighted by atomic mass is 16.3. The van der Waals surface area contributed by atoms with Crippen LogP contribution in [0.15, 0.2) is 24.4 Å². The number of rotatable bonds is 4. The van der Waals surface area contributed by atoms with E-state index in [1.165, 1.54) is 12.1 Å². The van der Waals surface area contributed by atoms with E-state index in [0.717, 1.165) is 5.92 Å². The number of hydrogen-bond donors (Lipinski definition) is 5. The molecule has 0 aliphatic carbocycles. The fourth-order valence-electron chi connectivity index (χ4n) is 1.14. The molecule has 6 heteroatoms. The van der Waals surface area contributed by atoms with E-state index in [-0.39, 0.29) is 17.7 Å². The Hall–Kier alpha value is -2.21. The first-order valence-corrected chi connectivity index (χ1v) is 6.98. The second-order valence-electron chi connectivity index (χ2n) is 5.21. The highest BCUT2D eigenvalue weighted by molar-refractivity contribution is 5.68. The van der Waals surface area contributed by atoms with E-state index in [2.05, 4.69) is 31.4 Å². The zero-order valence-corrected chi connectivity index (χ0v) is 14.1. The molecular weight excluding hydrogens is 282 g/mol. The molecule has 0 amide bonds. The lowest BCUT2D eigenvalue weighted by atomic mass is 10.1. The first kappa shape index (κ1) is 22.1. The maximum Gasteiger partial charge on any atom is 0.128 e. The first-order chi connectivity index (χ1) is 10.3. The summed E-state index contributed by atoms with van der Waals surface area (Å²) in [5, 5.41) is 24.7. The van der Waals surface area contributed by atoms with Gasteiger partial charge in [-0.05, 0) is 32.0 Å². The number of carbonyl (C=O) groups is 1. The van der Waals surface area contributed by atoms with Crippen LogP contribution in [0.4, 0.5) is 0 Å². The van der Waals surface area contributed by atoms with Gasteiger partial charge in [0.05, 0.1) is 11.9 Å². The van der Waals surface area contributed by atoms with Crippen molar-refractivity contribution in [3.8, 4) is 11.5 Å². The average molecular weight is 311 g/mol. The highest BCUT2D eigenvalue weighted by Crippen LogP contribution is 2.25. The molecule has 0 saturated heterocycles. The molecule has 1 atom stereocenters. The second kappa shape index (κ2) is 12.5. The SMILES string of the molecule is C=O.CC(C)C.CNC(C)N/C=C(\N)c1ccc(O)cc1O. The smallest absolute Gasteiger partial charge is 0.128 e. The van der Waals surface area contributed by atoms with Crippen molar-refractivity contribution < 1.29 is 15.0 Å². The van der Waals surface area contributed by atoms with Gasteiger partial charge in [-0.3, -0.25) is 0 Å². The van der Waals surface area contributed by atoms with Gasteiger partial charge in [0.1, 0.15) is 18.3 Å². The summed E-state index contributed by atoms with van der Waals surface area (Å²) < 4.78 is 0. The van der Waals surface area contributed by atoms with E-state index in [4.69, 9.17) is 15.6 Å². The van der Waals surface area contributed by atoms with E-state index in [1.54, 1.807) is 12.3 Å². The molecule has 1 aromatic carbocycles. The van der Waals surface area contributed by atoms with Crippen molar-refractivity contribution in [2.45, 2.75) is 33.9 Å². The third kappa shape index (κ3) is 10.6. The summed E-state index contributed by atoms with van der Waals surface area (Å²) in [6.07, 6.45) is 1.69. The minimum Gasteiger partial charge on any atom is -0.508 e. The number of carbonyl (C=O) groups excluding carboxylic acids is 1. The van der Waals surface area contributed by atoms with Crippen LogP contribution in [-0.2, 0) is 4.79 Å². The van der Waals surface area contributed by atoms with Crippen LogP contribution >= 0.6 is 0 Å². The Labute approximate surface area is 133 Å². The molecule has 0 aromatic heterocycles. The lowest BCUT2D eigenvalue weighted by Gasteiger charge is -2.11. The minimum atomic E-state index is -0.0485. The summed E-state index contributed by atoms with van der Waals surface area (Å²) in [7, 11) is 1.82. The molecule has 0 aliphatic heterocycles. The van der Waals surface area contributed by atoms with Gasteiger partial charge in [0.25, 0.3) is 0 Å². The molecular formula is C16H29N3O3. The van der Waals surface area contributed by atoms with Crippen LogP contribution < -0.4 is 16.4 Å². The lowest BCUT2D eigenvalue weighted by molar-refractivity contribution is -0.0979. The van der Waals surface area contributed by atoms with Crippen LogP contribution in [0.2, 0.25) is 0 Å². The van der Waals surface area contributed by atoms with Crippen molar-refractivity contribution in [3.63, 3.8) is 0 Å². The van der Waals surface area contributed by atoms with E-state index >= 15 is 0 Å². The molecule has 0 heterocycles. The Morgan fingerprint density at radius 2 is 1.73 bits per heavy atom. The van der Waals surface area contributed by atoms with Crippen molar-refractivity contribution in [2.24, 2.45) is 11.7 Å². The average Bonchev–Trinajstić information content (AvgIpc) is 2.46. The monoisotopic (exact) mass is 311 g/mol. The van der Waals surface area contributed by atoms with Gasteiger partial charge in [-0.1, -0.05) is 20.8 Å². The van der Waals surface area contributed by atoms with Crippen molar-refractivity contribution in [2.75, 3.05) is 7.05 Å². The number of benzene rings is 1. The van der Waals surface area contributed by atoms with Gasteiger partial charge in [-0.25, -0.2) is 0 Å². The number of nitrogens with one attached hydrogen (secondary N) is 2. The Bertz CT molecular complexity index is 446. The van der Waals surface area contributed by atoms with Crippen LogP contribution in [0, 0.1) is 5.92 Å². The quantitative estimate of drug-likeness (QED) is 0.544. The first-order valence-electron chi connectivity index (χ1n) is 6.98. The van der Waals surface area contributed by atoms with Gasteiger partial charge in [0, 0.05) is 17.8 Å². The number of nitrogens with two attached hydrogens (primary N) is 1. The molecule has 0 radical (unpaired) electrons. The Balaban J connectivity index is 0. The summed E-state index contributed by atoms with van der Waals surface area (Å²) >= 11 is 0. The molecule has 0 bridgehead atoms. The van der Waals surface area contributed by atoms with Crippen molar-refractivity contribution in [1.82, 2.24) is 10.6 Å². The number of aromatic hydroxyl groups is 2. The molecule has 0 aliphatic rings. The molecule has 22 heavy (non-hydrogen) atoms. The third-order valence-corrected chi connectivity index (χ3v) is 2.21. The largest absolute Gasteiger partial charge is 0.508 e. The summed E-state index contributed by atoms with van der Waals surface area (Å²) in [5.41, 5.74) is 6.66. The maximum atomic E-state index is 9.56. The fourth-order valence-corrected chi connectivity index (χ4v) is 1.14. The molecule has 6 N–H and O–H groups in total. The van der Waals surface area contributed by atoms with Crippen LogP contribution in [-0.4, -0.2) is 30.2 Å². The predicted molar refractivity (Wildman–Crippen MR) is 91.2 cm³/mol. The molecule has 0 fully saturated rings. The zero-order valence-electron chi connectivity index (χ0n) is 14.1. The summed E-state index contributed by atoms with van der Waals surface area (Å²) in [5.74, 6) is 0.790. The van der Waals surface area contributed by atoms with E-state index < -0.39 is 0 Å². The van der Waals surface area contributed by atoms with Gasteiger partial charge in [-0.15, -0.1) is 0 Å². The summed E-state index contributed by atoms with van der Waals surface area (Å²) in [4.78, 5) is 8.00. The Morgan fingerprint density at radius 1 is 1.23 bits per heavy atom. The van der Waals surface area contributed by atoms with Crippen LogP contribution in [0.1, 0.15) is 33.3 Å². The molecule has 1 aromatic rings. The summed E-state index contributed by atoms with van der Waals surface area (Å²) in [6.45, 7) is 10.4. The van der Waals surface area contributed by atoms with E-state index in [9.17, 15) is 5.11 Å². The van der Waals surface area contributed by atoms with E-state index in [0.29, 0.717) is 11.3 Å². The van der Waals surface area contributed by atoms with Gasteiger partial charge in [0.15, 0.2) is 0 Å². The Kier molecular flexibility index (Phi) is 12.6. The fraction of sp³-hybridized carbons (Fsp3) is 0.438. The second-order valence-corrected chi connectivity index (χ2v) is 5.21. The van der Waals surface area contributed by atoms with Crippen molar-refractivity contribution >= 4 is 12.5 Å². The molecule has 126 valence electrons. The number of phenols is 2. The predicted octanol–water partition coefficient (Wildman–Crippen LogP) is 1.99. The summed E-state index contributed by atoms with van der Waals surface area (Å²) in [6, 6.07) is 4.27. The molecule has 0 spiro atoms. The standard InChI is InChI=1S/C11H17N3O2.C4H10.CH2O/c1-7(13-2)14-6-10(12)9-4-3-8(15)5-11(9)16;1-4(2)3;1-2/h3-7,13-16H,12H2,1-2H3;4H,1-3H3;1H2/b10-6-;;. The highest BCUT2D eigenvalue weighted by Gasteiger charge is 2.05. The Morgan fingerprint density at radius 3 is 2.14 bits per heavy atom. The third-order valence-electron chi connectivity index (χ3n) is 2.21. The van der Waals surface area contributed by atoms with Gasteiger partial charge in [0.2, 0.25) is 0 Å². The maximum absolute atomic E-state index is 9.56. The molecule has 1 unspecified atom stereocenters. The van der Waals surface area contributed by atoms with E-state index in [1.807, 2.05) is 20.8 Å². The molecule has 0 saturated carbocycles. The van der Waals surface area contributed by atoms with Gasteiger partial charge >= 0.3 is 0 Å². The molecule has 1 rings (SSSR count).